The van der Waals surface area contributed by atoms with Crippen LogP contribution in [0.25, 0.3) is 0 Å². The van der Waals surface area contributed by atoms with Crippen LogP contribution in [0.4, 0.5) is 0 Å². The number of methoxy groups -OCH3 is 2. The highest BCUT2D eigenvalue weighted by molar-refractivity contribution is 6.02. The largest absolute Gasteiger partial charge is 0.633 e. The van der Waals surface area contributed by atoms with Gasteiger partial charge in [-0.2, -0.15) is 0 Å². The van der Waals surface area contributed by atoms with Crippen molar-refractivity contribution in [2.75, 3.05) is 27.3 Å². The molecule has 0 radical (unpaired) electrons. The number of nitrogens with zero attached hydrogens (tertiary/aromatic N) is 1. The SMILES string of the molecule is COc1cc2c(cc1OC)C(=O)[C@H](CC1CC[N+]([O-])(Cc3ccccc3)CC1)C2. The van der Waals surface area contributed by atoms with E-state index in [4.69, 9.17) is 9.47 Å². The molecule has 5 heteroatoms. The van der Waals surface area contributed by atoms with Crippen LogP contribution >= 0.6 is 0 Å². The number of Topliss-reactive ketones (excluding diaryl/α,β-unsaturated/α-hetero) is 1. The molecule has 29 heavy (non-hydrogen) atoms. The van der Waals surface area contributed by atoms with Crippen molar-refractivity contribution in [3.63, 3.8) is 0 Å². The number of ketones is 1. The predicted octanol–water partition coefficient (Wildman–Crippen LogP) is 4.37. The van der Waals surface area contributed by atoms with Gasteiger partial charge in [-0.3, -0.25) is 4.79 Å². The minimum Gasteiger partial charge on any atom is -0.633 e. The Morgan fingerprint density at radius 1 is 1.03 bits per heavy atom. The molecule has 0 aromatic heterocycles. The maximum absolute atomic E-state index is 13.1. The molecule has 0 N–H and O–H groups in total. The Bertz CT molecular complexity index is 872. The van der Waals surface area contributed by atoms with Crippen molar-refractivity contribution in [2.45, 2.75) is 32.2 Å². The second kappa shape index (κ2) is 8.17. The average Bonchev–Trinajstić information content (AvgIpc) is 3.04. The number of carbonyl (C=O) groups is 1. The van der Waals surface area contributed by atoms with Crippen molar-refractivity contribution in [3.8, 4) is 11.5 Å². The van der Waals surface area contributed by atoms with Gasteiger partial charge >= 0.3 is 0 Å². The first-order valence-electron chi connectivity index (χ1n) is 10.4. The fraction of sp³-hybridized carbons (Fsp3) is 0.458. The number of likely N-dealkylation sites (tertiary alicyclic amines) is 1. The van der Waals surface area contributed by atoms with E-state index in [1.807, 2.05) is 42.5 Å². The molecule has 1 aliphatic heterocycles. The summed E-state index contributed by atoms with van der Waals surface area (Å²) in [5.74, 6) is 1.93. The van der Waals surface area contributed by atoms with Gasteiger partial charge in [0.15, 0.2) is 17.3 Å². The van der Waals surface area contributed by atoms with E-state index in [-0.39, 0.29) is 16.3 Å². The fourth-order valence-electron chi connectivity index (χ4n) is 4.89. The highest BCUT2D eigenvalue weighted by Gasteiger charge is 2.36. The van der Waals surface area contributed by atoms with E-state index < -0.39 is 0 Å². The van der Waals surface area contributed by atoms with Gasteiger partial charge in [0.2, 0.25) is 0 Å². The van der Waals surface area contributed by atoms with Crippen molar-refractivity contribution in [1.82, 2.24) is 0 Å². The summed E-state index contributed by atoms with van der Waals surface area (Å²) >= 11 is 0. The van der Waals surface area contributed by atoms with Crippen molar-refractivity contribution in [3.05, 3.63) is 64.4 Å². The molecule has 0 saturated carbocycles. The molecule has 1 aliphatic carbocycles. The molecular formula is C24H29NO4. The number of hydrogen-bond donors (Lipinski definition) is 0. The number of hydrogen-bond acceptors (Lipinski definition) is 4. The van der Waals surface area contributed by atoms with Crippen LogP contribution in [0.3, 0.4) is 0 Å². The Morgan fingerprint density at radius 3 is 2.34 bits per heavy atom. The van der Waals surface area contributed by atoms with Crippen LogP contribution in [0.1, 0.15) is 40.7 Å². The second-order valence-corrected chi connectivity index (χ2v) is 8.46. The van der Waals surface area contributed by atoms with Crippen LogP contribution in [-0.4, -0.2) is 37.7 Å². The van der Waals surface area contributed by atoms with Crippen molar-refractivity contribution in [1.29, 1.82) is 0 Å². The first-order valence-corrected chi connectivity index (χ1v) is 10.4. The Labute approximate surface area is 172 Å². The molecular weight excluding hydrogens is 366 g/mol. The van der Waals surface area contributed by atoms with Crippen LogP contribution in [-0.2, 0) is 13.0 Å². The number of carbonyl (C=O) groups excluding carboxylic acids is 1. The molecule has 1 fully saturated rings. The van der Waals surface area contributed by atoms with Crippen LogP contribution in [0.15, 0.2) is 42.5 Å². The van der Waals surface area contributed by atoms with Crippen LogP contribution in [0.5, 0.6) is 11.5 Å². The highest BCUT2D eigenvalue weighted by atomic mass is 16.5. The zero-order valence-corrected chi connectivity index (χ0v) is 17.2. The molecule has 0 amide bonds. The molecule has 0 spiro atoms. The maximum atomic E-state index is 13.1. The lowest BCUT2D eigenvalue weighted by molar-refractivity contribution is -0.899. The number of fused-ring (bicyclic) bond motifs is 1. The molecule has 0 unspecified atom stereocenters. The topological polar surface area (TPSA) is 58.6 Å². The van der Waals surface area contributed by atoms with Crippen molar-refractivity contribution >= 4 is 5.78 Å². The molecule has 1 saturated heterocycles. The summed E-state index contributed by atoms with van der Waals surface area (Å²) in [4.78, 5) is 12.9. The number of piperidine rings is 1. The van der Waals surface area contributed by atoms with E-state index in [0.29, 0.717) is 37.1 Å². The first kappa shape index (κ1) is 19.9. The standard InChI is InChI=1S/C24H29NO4/c1-28-22-14-19-13-20(24(26)21(19)15-23(22)29-2)12-17-8-10-25(27,11-9-17)16-18-6-4-3-5-7-18/h3-7,14-15,17,20H,8-13,16H2,1-2H3/t17?,20-,25?/m1/s1. The highest BCUT2D eigenvalue weighted by Crippen LogP contribution is 2.40. The number of quaternary nitrogens is 1. The average molecular weight is 395 g/mol. The van der Waals surface area contributed by atoms with E-state index in [1.165, 1.54) is 0 Å². The van der Waals surface area contributed by atoms with Gasteiger partial charge in [0, 0.05) is 17.0 Å². The second-order valence-electron chi connectivity index (χ2n) is 8.46. The van der Waals surface area contributed by atoms with E-state index >= 15 is 0 Å². The summed E-state index contributed by atoms with van der Waals surface area (Å²) in [5, 5.41) is 13.1. The zero-order valence-electron chi connectivity index (χ0n) is 17.2. The van der Waals surface area contributed by atoms with Gasteiger partial charge in [0.25, 0.3) is 0 Å². The first-order chi connectivity index (χ1) is 14.0. The smallest absolute Gasteiger partial charge is 0.166 e. The summed E-state index contributed by atoms with van der Waals surface area (Å²) in [7, 11) is 3.20. The third kappa shape index (κ3) is 4.16. The summed E-state index contributed by atoms with van der Waals surface area (Å²) in [5.41, 5.74) is 2.92. The molecule has 0 bridgehead atoms. The minimum absolute atomic E-state index is 0.00703. The van der Waals surface area contributed by atoms with Gasteiger partial charge in [-0.1, -0.05) is 30.3 Å². The van der Waals surface area contributed by atoms with E-state index in [1.54, 1.807) is 14.2 Å². The zero-order chi connectivity index (χ0) is 20.4. The molecule has 154 valence electrons. The Hall–Kier alpha value is -2.37. The third-order valence-corrected chi connectivity index (χ3v) is 6.53. The lowest BCUT2D eigenvalue weighted by atomic mass is 9.85. The Kier molecular flexibility index (Phi) is 5.61. The summed E-state index contributed by atoms with van der Waals surface area (Å²) < 4.78 is 10.6. The molecule has 5 nitrogen and oxygen atoms in total. The predicted molar refractivity (Wildman–Crippen MR) is 112 cm³/mol. The lowest BCUT2D eigenvalue weighted by Gasteiger charge is -2.47. The van der Waals surface area contributed by atoms with Crippen molar-refractivity contribution in [2.24, 2.45) is 11.8 Å². The quantitative estimate of drug-likeness (QED) is 0.538. The van der Waals surface area contributed by atoms with Gasteiger partial charge in [-0.05, 0) is 49.3 Å². The summed E-state index contributed by atoms with van der Waals surface area (Å²) in [6.07, 6.45) is 3.40. The molecule has 2 aromatic rings. The van der Waals surface area contributed by atoms with Crippen LogP contribution in [0, 0.1) is 17.0 Å². The van der Waals surface area contributed by atoms with Crippen molar-refractivity contribution < 1.29 is 18.9 Å². The summed E-state index contributed by atoms with van der Waals surface area (Å²) in [6, 6.07) is 13.8. The number of rotatable bonds is 6. The fourth-order valence-corrected chi connectivity index (χ4v) is 4.89. The Balaban J connectivity index is 1.37. The van der Waals surface area contributed by atoms with Crippen LogP contribution < -0.4 is 9.47 Å². The number of hydroxylamine groups is 3. The molecule has 1 heterocycles. The van der Waals surface area contributed by atoms with E-state index in [2.05, 4.69) is 0 Å². The maximum Gasteiger partial charge on any atom is 0.166 e. The molecule has 1 atom stereocenters. The van der Waals surface area contributed by atoms with Gasteiger partial charge in [-0.15, -0.1) is 0 Å². The van der Waals surface area contributed by atoms with E-state index in [0.717, 1.165) is 42.4 Å². The number of ether oxygens (including phenoxy) is 2. The molecule has 2 aromatic carbocycles. The molecule has 2 aliphatic rings. The van der Waals surface area contributed by atoms with Gasteiger partial charge in [0.1, 0.15) is 6.54 Å². The van der Waals surface area contributed by atoms with Gasteiger partial charge < -0.3 is 19.3 Å². The lowest BCUT2D eigenvalue weighted by Crippen LogP contribution is -2.47. The molecule has 4 rings (SSSR count). The van der Waals surface area contributed by atoms with Gasteiger partial charge in [0.05, 0.1) is 27.3 Å². The normalized spacial score (nSPS) is 26.2. The van der Waals surface area contributed by atoms with E-state index in [9.17, 15) is 10.0 Å². The third-order valence-electron chi connectivity index (χ3n) is 6.53. The summed E-state index contributed by atoms with van der Waals surface area (Å²) in [6.45, 7) is 1.81. The monoisotopic (exact) mass is 395 g/mol. The Morgan fingerprint density at radius 2 is 1.69 bits per heavy atom. The number of benzene rings is 2. The van der Waals surface area contributed by atoms with Crippen LogP contribution in [0.2, 0.25) is 0 Å². The minimum atomic E-state index is -0.145. The van der Waals surface area contributed by atoms with Gasteiger partial charge in [-0.25, -0.2) is 0 Å².